The van der Waals surface area contributed by atoms with E-state index in [1.54, 1.807) is 11.3 Å². The second kappa shape index (κ2) is 7.36. The van der Waals surface area contributed by atoms with Crippen molar-refractivity contribution in [2.75, 3.05) is 13.1 Å². The number of hydrogen-bond donors (Lipinski definition) is 1. The molecule has 0 aliphatic rings. The van der Waals surface area contributed by atoms with Crippen molar-refractivity contribution in [1.29, 1.82) is 0 Å². The van der Waals surface area contributed by atoms with E-state index in [2.05, 4.69) is 53.6 Å². The Morgan fingerprint density at radius 2 is 2.05 bits per heavy atom. The first-order valence-electron chi connectivity index (χ1n) is 6.85. The number of benzene rings is 1. The van der Waals surface area contributed by atoms with Crippen LogP contribution in [-0.2, 0) is 12.8 Å². The largest absolute Gasteiger partial charge is 0.317 e. The van der Waals surface area contributed by atoms with E-state index in [1.807, 2.05) is 0 Å². The van der Waals surface area contributed by atoms with E-state index in [4.69, 9.17) is 0 Å². The van der Waals surface area contributed by atoms with Crippen LogP contribution in [0.1, 0.15) is 34.5 Å². The van der Waals surface area contributed by atoms with Crippen LogP contribution in [0.2, 0.25) is 0 Å². The Morgan fingerprint density at radius 1 is 1.21 bits per heavy atom. The third-order valence-corrected chi connectivity index (χ3v) is 3.92. The lowest BCUT2D eigenvalue weighted by atomic mass is 10.1. The van der Waals surface area contributed by atoms with Crippen molar-refractivity contribution in [2.45, 2.75) is 33.1 Å². The van der Waals surface area contributed by atoms with Crippen LogP contribution in [-0.4, -0.2) is 23.3 Å². The maximum absolute atomic E-state index is 4.29. The third kappa shape index (κ3) is 4.73. The molecule has 19 heavy (non-hydrogen) atoms. The first kappa shape index (κ1) is 14.2. The molecule has 102 valence electrons. The first-order chi connectivity index (χ1) is 9.28. The van der Waals surface area contributed by atoms with Gasteiger partial charge in [0.1, 0.15) is 10.0 Å². The Hall–Kier alpha value is -1.26. The molecule has 0 radical (unpaired) electrons. The predicted molar refractivity (Wildman–Crippen MR) is 80.8 cm³/mol. The highest BCUT2D eigenvalue weighted by Gasteiger charge is 2.05. The van der Waals surface area contributed by atoms with Crippen molar-refractivity contribution in [3.8, 4) is 0 Å². The minimum absolute atomic E-state index is 0.895. The fraction of sp³-hybridized carbons (Fsp3) is 0.467. The minimum atomic E-state index is 0.895. The molecular formula is C15H21N3S. The van der Waals surface area contributed by atoms with E-state index in [1.165, 1.54) is 11.1 Å². The maximum atomic E-state index is 4.29. The van der Waals surface area contributed by atoms with Crippen LogP contribution in [0.4, 0.5) is 0 Å². The number of nitrogens with zero attached hydrogens (tertiary/aromatic N) is 2. The molecule has 1 aromatic heterocycles. The van der Waals surface area contributed by atoms with Crippen molar-refractivity contribution >= 4 is 11.3 Å². The Balaban J connectivity index is 1.87. The van der Waals surface area contributed by atoms with E-state index in [0.29, 0.717) is 0 Å². The molecule has 0 saturated heterocycles. The fourth-order valence-electron chi connectivity index (χ4n) is 2.00. The summed E-state index contributed by atoms with van der Waals surface area (Å²) < 4.78 is 0. The molecule has 1 heterocycles. The van der Waals surface area contributed by atoms with Gasteiger partial charge in [-0.1, -0.05) is 36.8 Å². The molecular weight excluding hydrogens is 254 g/mol. The van der Waals surface area contributed by atoms with Gasteiger partial charge >= 0.3 is 0 Å². The van der Waals surface area contributed by atoms with Crippen molar-refractivity contribution < 1.29 is 0 Å². The normalized spacial score (nSPS) is 10.8. The van der Waals surface area contributed by atoms with Crippen LogP contribution in [0.5, 0.6) is 0 Å². The molecule has 2 aromatic rings. The quantitative estimate of drug-likeness (QED) is 0.789. The van der Waals surface area contributed by atoms with Gasteiger partial charge in [-0.2, -0.15) is 0 Å². The molecule has 0 aliphatic carbocycles. The molecule has 0 spiro atoms. The lowest BCUT2D eigenvalue weighted by Gasteiger charge is -1.99. The summed E-state index contributed by atoms with van der Waals surface area (Å²) in [6.07, 6.45) is 3.05. The van der Waals surface area contributed by atoms with Gasteiger partial charge in [0.25, 0.3) is 0 Å². The molecule has 0 unspecified atom stereocenters. The summed E-state index contributed by atoms with van der Waals surface area (Å²) in [6, 6.07) is 8.59. The van der Waals surface area contributed by atoms with Gasteiger partial charge in [0, 0.05) is 12.8 Å². The van der Waals surface area contributed by atoms with Crippen LogP contribution in [0.3, 0.4) is 0 Å². The van der Waals surface area contributed by atoms with E-state index in [-0.39, 0.29) is 0 Å². The second-order valence-electron chi connectivity index (χ2n) is 4.71. The molecule has 0 bridgehead atoms. The Bertz CT molecular complexity index is 508. The van der Waals surface area contributed by atoms with Gasteiger partial charge < -0.3 is 5.32 Å². The molecule has 0 atom stereocenters. The monoisotopic (exact) mass is 275 g/mol. The third-order valence-electron chi connectivity index (χ3n) is 2.94. The SMILES string of the molecule is CCNCCCc1nnc(Cc2cccc(C)c2)s1. The van der Waals surface area contributed by atoms with Gasteiger partial charge in [-0.05, 0) is 32.0 Å². The summed E-state index contributed by atoms with van der Waals surface area (Å²) in [5.74, 6) is 0. The minimum Gasteiger partial charge on any atom is -0.317 e. The summed E-state index contributed by atoms with van der Waals surface area (Å²) in [6.45, 7) is 6.35. The molecule has 0 aliphatic heterocycles. The van der Waals surface area contributed by atoms with E-state index in [9.17, 15) is 0 Å². The number of aromatic nitrogens is 2. The summed E-state index contributed by atoms with van der Waals surface area (Å²) >= 11 is 1.74. The van der Waals surface area contributed by atoms with Crippen molar-refractivity contribution in [3.63, 3.8) is 0 Å². The molecule has 1 N–H and O–H groups in total. The van der Waals surface area contributed by atoms with Gasteiger partial charge in [0.05, 0.1) is 0 Å². The molecule has 3 nitrogen and oxygen atoms in total. The maximum Gasteiger partial charge on any atom is 0.121 e. The molecule has 0 saturated carbocycles. The van der Waals surface area contributed by atoms with Crippen LogP contribution in [0.25, 0.3) is 0 Å². The number of aryl methyl sites for hydroxylation is 2. The summed E-state index contributed by atoms with van der Waals surface area (Å²) in [7, 11) is 0. The lowest BCUT2D eigenvalue weighted by Crippen LogP contribution is -2.14. The standard InChI is InChI=1S/C15H21N3S/c1-3-16-9-5-8-14-17-18-15(19-14)11-13-7-4-6-12(2)10-13/h4,6-7,10,16H,3,5,8-9,11H2,1-2H3. The van der Waals surface area contributed by atoms with Crippen LogP contribution in [0.15, 0.2) is 24.3 Å². The highest BCUT2D eigenvalue weighted by Crippen LogP contribution is 2.16. The van der Waals surface area contributed by atoms with Gasteiger partial charge in [0.2, 0.25) is 0 Å². The number of rotatable bonds is 7. The Kier molecular flexibility index (Phi) is 5.48. The second-order valence-corrected chi connectivity index (χ2v) is 5.86. The Labute approximate surface area is 119 Å². The molecule has 0 amide bonds. The zero-order valence-electron chi connectivity index (χ0n) is 11.6. The van der Waals surface area contributed by atoms with E-state index >= 15 is 0 Å². The molecule has 4 heteroatoms. The summed E-state index contributed by atoms with van der Waals surface area (Å²) in [5.41, 5.74) is 2.61. The van der Waals surface area contributed by atoms with E-state index < -0.39 is 0 Å². The van der Waals surface area contributed by atoms with Crippen molar-refractivity contribution in [3.05, 3.63) is 45.4 Å². The number of nitrogens with one attached hydrogen (secondary N) is 1. The Morgan fingerprint density at radius 3 is 2.84 bits per heavy atom. The average molecular weight is 275 g/mol. The first-order valence-corrected chi connectivity index (χ1v) is 7.67. The zero-order chi connectivity index (χ0) is 13.5. The fourth-order valence-corrected chi connectivity index (χ4v) is 2.92. The highest BCUT2D eigenvalue weighted by atomic mass is 32.1. The molecule has 0 fully saturated rings. The van der Waals surface area contributed by atoms with Crippen LogP contribution < -0.4 is 5.32 Å². The summed E-state index contributed by atoms with van der Waals surface area (Å²) in [4.78, 5) is 0. The molecule has 1 aromatic carbocycles. The molecule has 2 rings (SSSR count). The van der Waals surface area contributed by atoms with Crippen molar-refractivity contribution in [2.24, 2.45) is 0 Å². The average Bonchev–Trinajstić information content (AvgIpc) is 2.82. The predicted octanol–water partition coefficient (Wildman–Crippen LogP) is 2.98. The van der Waals surface area contributed by atoms with Gasteiger partial charge in [0.15, 0.2) is 0 Å². The highest BCUT2D eigenvalue weighted by molar-refractivity contribution is 7.11. The van der Waals surface area contributed by atoms with E-state index in [0.717, 1.165) is 42.4 Å². The van der Waals surface area contributed by atoms with Crippen LogP contribution >= 0.6 is 11.3 Å². The van der Waals surface area contributed by atoms with Gasteiger partial charge in [-0.3, -0.25) is 0 Å². The summed E-state index contributed by atoms with van der Waals surface area (Å²) in [5, 5.41) is 14.2. The topological polar surface area (TPSA) is 37.8 Å². The van der Waals surface area contributed by atoms with Gasteiger partial charge in [-0.15, -0.1) is 21.5 Å². The van der Waals surface area contributed by atoms with Crippen molar-refractivity contribution in [1.82, 2.24) is 15.5 Å². The smallest absolute Gasteiger partial charge is 0.121 e. The van der Waals surface area contributed by atoms with Gasteiger partial charge in [-0.25, -0.2) is 0 Å². The lowest BCUT2D eigenvalue weighted by molar-refractivity contribution is 0.669. The number of hydrogen-bond acceptors (Lipinski definition) is 4. The zero-order valence-corrected chi connectivity index (χ0v) is 12.5. The van der Waals surface area contributed by atoms with Crippen LogP contribution in [0, 0.1) is 6.92 Å².